The van der Waals surface area contributed by atoms with Gasteiger partial charge in [-0.2, -0.15) is 0 Å². The van der Waals surface area contributed by atoms with Crippen molar-refractivity contribution in [2.24, 2.45) is 0 Å². The number of methoxy groups -OCH3 is 1. The van der Waals surface area contributed by atoms with Crippen LogP contribution in [0, 0.1) is 0 Å². The molecule has 0 unspecified atom stereocenters. The van der Waals surface area contributed by atoms with Gasteiger partial charge in [0.1, 0.15) is 5.75 Å². The number of hydroxylamine groups is 1. The number of carbonyl (C=O) groups is 1. The van der Waals surface area contributed by atoms with Crippen molar-refractivity contribution in [1.82, 2.24) is 10.2 Å². The van der Waals surface area contributed by atoms with E-state index < -0.39 is 13.4 Å². The number of hydrogen-bond donors (Lipinski definition) is 2. The molecule has 1 aromatic carbocycles. The molecule has 0 aromatic heterocycles. The Hall–Kier alpha value is -1.40. The van der Waals surface area contributed by atoms with Gasteiger partial charge in [-0.1, -0.05) is 0 Å². The Balaban J connectivity index is 2.31. The van der Waals surface area contributed by atoms with Crippen LogP contribution < -0.4 is 15.5 Å². The number of nitrogens with zero attached hydrogens (tertiary/aromatic N) is 1. The van der Waals surface area contributed by atoms with Crippen LogP contribution in [0.25, 0.3) is 0 Å². The molecule has 1 aliphatic heterocycles. The predicted molar refractivity (Wildman–Crippen MR) is 76.9 cm³/mol. The zero-order valence-corrected chi connectivity index (χ0v) is 12.7. The van der Waals surface area contributed by atoms with Gasteiger partial charge in [0, 0.05) is 6.54 Å². The quantitative estimate of drug-likeness (QED) is 0.492. The fourth-order valence-electron chi connectivity index (χ4n) is 2.18. The molecule has 21 heavy (non-hydrogen) atoms. The largest absolute Gasteiger partial charge is 0.497 e. The lowest BCUT2D eigenvalue weighted by Gasteiger charge is -2.28. The van der Waals surface area contributed by atoms with Crippen LogP contribution in [-0.4, -0.2) is 42.6 Å². The molecule has 7 nitrogen and oxygen atoms in total. The van der Waals surface area contributed by atoms with E-state index in [9.17, 15) is 9.36 Å². The molecule has 1 saturated heterocycles. The first-order valence-corrected chi connectivity index (χ1v) is 8.25. The molecule has 0 spiro atoms. The molecule has 1 heterocycles. The van der Waals surface area contributed by atoms with Gasteiger partial charge in [-0.3, -0.25) is 14.6 Å². The molecule has 0 aliphatic carbocycles. The van der Waals surface area contributed by atoms with E-state index >= 15 is 0 Å². The normalized spacial score (nSPS) is 23.3. The molecule has 1 aliphatic rings. The summed E-state index contributed by atoms with van der Waals surface area (Å²) < 4.78 is 25.4. The second-order valence-electron chi connectivity index (χ2n) is 4.68. The maximum Gasteiger partial charge on any atom is 0.302 e. The minimum absolute atomic E-state index is 0.181. The molecule has 116 valence electrons. The van der Waals surface area contributed by atoms with Crippen LogP contribution in [0.4, 0.5) is 0 Å². The van der Waals surface area contributed by atoms with Gasteiger partial charge in [0.05, 0.1) is 25.6 Å². The smallest absolute Gasteiger partial charge is 0.302 e. The van der Waals surface area contributed by atoms with Gasteiger partial charge in [-0.15, -0.1) is 0 Å². The number of ether oxygens (including phenoxy) is 1. The number of benzene rings is 1. The zero-order valence-electron chi connectivity index (χ0n) is 11.8. The Morgan fingerprint density at radius 3 is 2.76 bits per heavy atom. The van der Waals surface area contributed by atoms with Crippen LogP contribution in [0.3, 0.4) is 0 Å². The lowest BCUT2D eigenvalue weighted by molar-refractivity contribution is -0.129. The molecule has 1 amide bonds. The van der Waals surface area contributed by atoms with E-state index in [1.54, 1.807) is 36.9 Å². The maximum absolute atomic E-state index is 13.2. The number of amides is 1. The molecular formula is C13H19N2O5P. The summed E-state index contributed by atoms with van der Waals surface area (Å²) in [5, 5.41) is 9.18. The standard InChI is InChI=1S/C13H19N2O5P/c1-19-11-4-6-12(7-5-11)21(18)15(10-13(16)14-17)8-2-3-9-20-21/h4-7,17H,2-3,8-10H2,1H3,(H,14,16)/t21-/m1/s1. The number of carbonyl (C=O) groups excluding carboxylic acids is 1. The molecular weight excluding hydrogens is 295 g/mol. The van der Waals surface area contributed by atoms with Crippen molar-refractivity contribution in [2.75, 3.05) is 26.8 Å². The first kappa shape index (κ1) is 16.0. The molecule has 2 N–H and O–H groups in total. The molecule has 0 saturated carbocycles. The fourth-order valence-corrected chi connectivity index (χ4v) is 4.44. The summed E-state index contributed by atoms with van der Waals surface area (Å²) in [5.74, 6) is 0.0362. The van der Waals surface area contributed by atoms with Gasteiger partial charge >= 0.3 is 7.52 Å². The fraction of sp³-hybridized carbons (Fsp3) is 0.462. The first-order chi connectivity index (χ1) is 10.1. The highest BCUT2D eigenvalue weighted by atomic mass is 31.2. The van der Waals surface area contributed by atoms with Gasteiger partial charge in [0.25, 0.3) is 5.91 Å². The van der Waals surface area contributed by atoms with Crippen LogP contribution in [-0.2, 0) is 13.9 Å². The van der Waals surface area contributed by atoms with Crippen LogP contribution >= 0.6 is 7.52 Å². The Bertz CT molecular complexity index is 534. The average molecular weight is 314 g/mol. The van der Waals surface area contributed by atoms with E-state index in [1.807, 2.05) is 0 Å². The van der Waals surface area contributed by atoms with Crippen molar-refractivity contribution >= 4 is 18.7 Å². The van der Waals surface area contributed by atoms with E-state index in [0.29, 0.717) is 24.2 Å². The van der Waals surface area contributed by atoms with Crippen molar-refractivity contribution < 1.29 is 23.8 Å². The lowest BCUT2D eigenvalue weighted by atomic mass is 10.3. The Labute approximate surface area is 123 Å². The van der Waals surface area contributed by atoms with Gasteiger partial charge in [-0.25, -0.2) is 10.2 Å². The topological polar surface area (TPSA) is 88.1 Å². The third-order valence-corrected chi connectivity index (χ3v) is 5.87. The van der Waals surface area contributed by atoms with Gasteiger partial charge < -0.3 is 9.26 Å². The monoisotopic (exact) mass is 314 g/mol. The van der Waals surface area contributed by atoms with Gasteiger partial charge in [0.2, 0.25) is 0 Å². The van der Waals surface area contributed by atoms with Gasteiger partial charge in [-0.05, 0) is 37.1 Å². The van der Waals surface area contributed by atoms with Crippen molar-refractivity contribution in [3.05, 3.63) is 24.3 Å². The van der Waals surface area contributed by atoms with E-state index in [-0.39, 0.29) is 6.54 Å². The molecule has 0 bridgehead atoms. The number of hydrogen-bond acceptors (Lipinski definition) is 5. The number of rotatable bonds is 4. The van der Waals surface area contributed by atoms with Crippen molar-refractivity contribution in [3.63, 3.8) is 0 Å². The minimum atomic E-state index is -3.31. The highest BCUT2D eigenvalue weighted by Gasteiger charge is 2.36. The Kier molecular flexibility index (Phi) is 5.36. The average Bonchev–Trinajstić information content (AvgIpc) is 2.70. The van der Waals surface area contributed by atoms with Crippen LogP contribution in [0.15, 0.2) is 24.3 Å². The van der Waals surface area contributed by atoms with Crippen molar-refractivity contribution in [1.29, 1.82) is 0 Å². The van der Waals surface area contributed by atoms with E-state index in [0.717, 1.165) is 12.8 Å². The van der Waals surface area contributed by atoms with Crippen molar-refractivity contribution in [2.45, 2.75) is 12.8 Å². The van der Waals surface area contributed by atoms with E-state index in [1.165, 1.54) is 4.67 Å². The van der Waals surface area contributed by atoms with E-state index in [4.69, 9.17) is 14.5 Å². The Morgan fingerprint density at radius 1 is 1.43 bits per heavy atom. The Morgan fingerprint density at radius 2 is 2.14 bits per heavy atom. The molecule has 8 heteroatoms. The summed E-state index contributed by atoms with van der Waals surface area (Å²) in [5.41, 5.74) is 1.56. The second-order valence-corrected chi connectivity index (χ2v) is 7.06. The van der Waals surface area contributed by atoms with Crippen LogP contribution in [0.5, 0.6) is 5.75 Å². The molecule has 1 fully saturated rings. The summed E-state index contributed by atoms with van der Waals surface area (Å²) in [6, 6.07) is 6.75. The molecule has 1 aromatic rings. The highest BCUT2D eigenvalue weighted by molar-refractivity contribution is 7.64. The van der Waals surface area contributed by atoms with Gasteiger partial charge in [0.15, 0.2) is 0 Å². The number of nitrogens with one attached hydrogen (secondary N) is 1. The summed E-state index contributed by atoms with van der Waals surface area (Å²) >= 11 is 0. The highest BCUT2D eigenvalue weighted by Crippen LogP contribution is 2.51. The second kappa shape index (κ2) is 7.04. The molecule has 0 radical (unpaired) electrons. The zero-order chi connectivity index (χ0) is 15.3. The summed E-state index contributed by atoms with van der Waals surface area (Å²) in [6.07, 6.45) is 1.55. The molecule has 2 rings (SSSR count). The maximum atomic E-state index is 13.2. The third-order valence-electron chi connectivity index (χ3n) is 3.30. The first-order valence-electron chi connectivity index (χ1n) is 6.67. The summed E-state index contributed by atoms with van der Waals surface area (Å²) in [4.78, 5) is 11.4. The lowest BCUT2D eigenvalue weighted by Crippen LogP contribution is -2.36. The molecule has 1 atom stereocenters. The van der Waals surface area contributed by atoms with Crippen LogP contribution in [0.2, 0.25) is 0 Å². The predicted octanol–water partition coefficient (Wildman–Crippen LogP) is 1.13. The summed E-state index contributed by atoms with van der Waals surface area (Å²) in [7, 11) is -1.76. The van der Waals surface area contributed by atoms with Crippen LogP contribution in [0.1, 0.15) is 12.8 Å². The SMILES string of the molecule is COc1ccc([P@@]2(=O)OCCCCN2CC(=O)NO)cc1. The summed E-state index contributed by atoms with van der Waals surface area (Å²) in [6.45, 7) is 0.664. The van der Waals surface area contributed by atoms with E-state index in [2.05, 4.69) is 0 Å². The van der Waals surface area contributed by atoms with Crippen molar-refractivity contribution in [3.8, 4) is 5.75 Å². The third kappa shape index (κ3) is 3.63. The minimum Gasteiger partial charge on any atom is -0.497 e.